The van der Waals surface area contributed by atoms with Crippen LogP contribution in [-0.2, 0) is 17.8 Å². The van der Waals surface area contributed by atoms with Gasteiger partial charge >= 0.3 is 0 Å². The van der Waals surface area contributed by atoms with Gasteiger partial charge in [-0.1, -0.05) is 6.92 Å². The maximum absolute atomic E-state index is 11.8. The number of nitrogens with one attached hydrogen (secondary N) is 2. The molecular weight excluding hydrogens is 290 g/mol. The number of nitrogens with zero attached hydrogens (tertiary/aromatic N) is 3. The lowest BCUT2D eigenvalue weighted by atomic mass is 10.4. The third-order valence-electron chi connectivity index (χ3n) is 2.79. The minimum absolute atomic E-state index is 0.0584. The first-order chi connectivity index (χ1) is 9.99. The second kappa shape index (κ2) is 6.49. The molecule has 2 N–H and O–H groups in total. The van der Waals surface area contributed by atoms with Crippen molar-refractivity contribution in [3.05, 3.63) is 33.5 Å². The molecule has 2 aromatic heterocycles. The number of carbonyl (C=O) groups is 2. The lowest BCUT2D eigenvalue weighted by molar-refractivity contribution is -0.122. The highest BCUT2D eigenvalue weighted by atomic mass is 32.1. The molecule has 8 heteroatoms. The Morgan fingerprint density at radius 3 is 2.67 bits per heavy atom. The molecule has 0 unspecified atom stereocenters. The molecule has 112 valence electrons. The van der Waals surface area contributed by atoms with Crippen LogP contribution in [0.3, 0.4) is 0 Å². The highest BCUT2D eigenvalue weighted by Crippen LogP contribution is 2.12. The van der Waals surface area contributed by atoms with Crippen molar-refractivity contribution in [3.8, 4) is 0 Å². The number of carbonyl (C=O) groups excluding carboxylic acids is 2. The van der Waals surface area contributed by atoms with Crippen molar-refractivity contribution < 1.29 is 9.59 Å². The van der Waals surface area contributed by atoms with E-state index in [0.29, 0.717) is 4.88 Å². The van der Waals surface area contributed by atoms with Crippen molar-refractivity contribution in [1.29, 1.82) is 0 Å². The van der Waals surface area contributed by atoms with Gasteiger partial charge in [-0.25, -0.2) is 4.98 Å². The Balaban J connectivity index is 1.86. The number of aromatic nitrogens is 3. The van der Waals surface area contributed by atoms with Gasteiger partial charge in [0.05, 0.1) is 16.9 Å². The summed E-state index contributed by atoms with van der Waals surface area (Å²) in [6.45, 7) is 5.76. The Labute approximate surface area is 126 Å². The van der Waals surface area contributed by atoms with Gasteiger partial charge in [-0.05, 0) is 26.3 Å². The zero-order valence-electron chi connectivity index (χ0n) is 12.1. The smallest absolute Gasteiger partial charge is 0.271 e. The molecule has 0 saturated heterocycles. The van der Waals surface area contributed by atoms with E-state index in [1.165, 1.54) is 17.5 Å². The molecule has 0 aliphatic rings. The second-order valence-electron chi connectivity index (χ2n) is 4.56. The Hall–Kier alpha value is -2.22. The molecular formula is C13H17N5O2S. The van der Waals surface area contributed by atoms with Gasteiger partial charge in [-0.3, -0.25) is 25.1 Å². The first kappa shape index (κ1) is 15.2. The number of hydrazine groups is 1. The van der Waals surface area contributed by atoms with E-state index in [4.69, 9.17) is 0 Å². The first-order valence-electron chi connectivity index (χ1n) is 6.54. The number of hydrogen-bond acceptors (Lipinski definition) is 5. The SMILES string of the molecule is CCc1ncc(C(=O)NNC(=O)Cn2nc(C)cc2C)s1. The summed E-state index contributed by atoms with van der Waals surface area (Å²) in [5, 5.41) is 5.07. The molecule has 2 aromatic rings. The molecule has 7 nitrogen and oxygen atoms in total. The van der Waals surface area contributed by atoms with Crippen molar-refractivity contribution in [1.82, 2.24) is 25.6 Å². The molecule has 2 rings (SSSR count). The van der Waals surface area contributed by atoms with Gasteiger partial charge in [-0.15, -0.1) is 11.3 Å². The molecule has 0 radical (unpaired) electrons. The quantitative estimate of drug-likeness (QED) is 0.824. The molecule has 2 heterocycles. The standard InChI is InChI=1S/C13H17N5O2S/c1-4-12-14-6-10(21-12)13(20)16-15-11(19)7-18-9(3)5-8(2)17-18/h5-6H,4,7H2,1-3H3,(H,15,19)(H,16,20). The lowest BCUT2D eigenvalue weighted by Gasteiger charge is -2.07. The molecule has 0 aliphatic carbocycles. The van der Waals surface area contributed by atoms with E-state index >= 15 is 0 Å². The third kappa shape index (κ3) is 3.88. The Kier molecular flexibility index (Phi) is 4.69. The van der Waals surface area contributed by atoms with Crippen molar-refractivity contribution in [2.75, 3.05) is 0 Å². The topological polar surface area (TPSA) is 88.9 Å². The van der Waals surface area contributed by atoms with Crippen molar-refractivity contribution in [3.63, 3.8) is 0 Å². The van der Waals surface area contributed by atoms with Gasteiger partial charge in [0.1, 0.15) is 11.4 Å². The number of amides is 2. The van der Waals surface area contributed by atoms with Crippen LogP contribution in [0.5, 0.6) is 0 Å². The minimum atomic E-state index is -0.367. The molecule has 0 fully saturated rings. The summed E-state index contributed by atoms with van der Waals surface area (Å²) in [6, 6.07) is 1.88. The summed E-state index contributed by atoms with van der Waals surface area (Å²) in [7, 11) is 0. The Morgan fingerprint density at radius 1 is 1.33 bits per heavy atom. The Bertz CT molecular complexity index is 661. The van der Waals surface area contributed by atoms with E-state index in [0.717, 1.165) is 22.8 Å². The molecule has 0 atom stereocenters. The van der Waals surface area contributed by atoms with Crippen LogP contribution >= 0.6 is 11.3 Å². The van der Waals surface area contributed by atoms with Crippen LogP contribution in [-0.4, -0.2) is 26.6 Å². The van der Waals surface area contributed by atoms with E-state index in [-0.39, 0.29) is 18.4 Å². The number of thiazole rings is 1. The summed E-state index contributed by atoms with van der Waals surface area (Å²) in [5.41, 5.74) is 6.49. The summed E-state index contributed by atoms with van der Waals surface area (Å²) >= 11 is 1.31. The van der Waals surface area contributed by atoms with Gasteiger partial charge in [0.25, 0.3) is 11.8 Å². The van der Waals surface area contributed by atoms with E-state index in [9.17, 15) is 9.59 Å². The maximum Gasteiger partial charge on any atom is 0.281 e. The molecule has 0 aliphatic heterocycles. The van der Waals surface area contributed by atoms with E-state index in [2.05, 4.69) is 20.9 Å². The Morgan fingerprint density at radius 2 is 2.10 bits per heavy atom. The highest BCUT2D eigenvalue weighted by Gasteiger charge is 2.12. The van der Waals surface area contributed by atoms with Crippen LogP contribution in [0.2, 0.25) is 0 Å². The predicted octanol–water partition coefficient (Wildman–Crippen LogP) is 0.980. The van der Waals surface area contributed by atoms with Gasteiger partial charge < -0.3 is 0 Å². The van der Waals surface area contributed by atoms with E-state index in [1.807, 2.05) is 26.8 Å². The number of hydrogen-bond donors (Lipinski definition) is 2. The normalized spacial score (nSPS) is 10.4. The van der Waals surface area contributed by atoms with Gasteiger partial charge in [0, 0.05) is 5.69 Å². The monoisotopic (exact) mass is 307 g/mol. The van der Waals surface area contributed by atoms with Crippen LogP contribution in [0, 0.1) is 13.8 Å². The molecule has 0 saturated carbocycles. The summed E-state index contributed by atoms with van der Waals surface area (Å²) in [6.07, 6.45) is 2.29. The molecule has 21 heavy (non-hydrogen) atoms. The van der Waals surface area contributed by atoms with E-state index < -0.39 is 0 Å². The average molecular weight is 307 g/mol. The fourth-order valence-electron chi connectivity index (χ4n) is 1.78. The molecule has 2 amide bonds. The molecule has 0 spiro atoms. The predicted molar refractivity (Wildman–Crippen MR) is 78.8 cm³/mol. The van der Waals surface area contributed by atoms with Crippen LogP contribution in [0.1, 0.15) is 33.0 Å². The summed E-state index contributed by atoms with van der Waals surface area (Å²) in [5.74, 6) is -0.705. The minimum Gasteiger partial charge on any atom is -0.271 e. The maximum atomic E-state index is 11.8. The zero-order valence-corrected chi connectivity index (χ0v) is 13.0. The molecule has 0 bridgehead atoms. The van der Waals surface area contributed by atoms with Gasteiger partial charge in [0.15, 0.2) is 0 Å². The zero-order chi connectivity index (χ0) is 15.4. The van der Waals surface area contributed by atoms with Crippen molar-refractivity contribution >= 4 is 23.2 Å². The van der Waals surface area contributed by atoms with Crippen LogP contribution in [0.15, 0.2) is 12.3 Å². The van der Waals surface area contributed by atoms with E-state index in [1.54, 1.807) is 4.68 Å². The lowest BCUT2D eigenvalue weighted by Crippen LogP contribution is -2.43. The van der Waals surface area contributed by atoms with Gasteiger partial charge in [0.2, 0.25) is 0 Å². The largest absolute Gasteiger partial charge is 0.281 e. The van der Waals surface area contributed by atoms with Crippen LogP contribution in [0.4, 0.5) is 0 Å². The average Bonchev–Trinajstić information content (AvgIpc) is 3.03. The van der Waals surface area contributed by atoms with Crippen LogP contribution < -0.4 is 10.9 Å². The third-order valence-corrected chi connectivity index (χ3v) is 3.93. The second-order valence-corrected chi connectivity index (χ2v) is 5.67. The fraction of sp³-hybridized carbons (Fsp3) is 0.385. The van der Waals surface area contributed by atoms with Crippen LogP contribution in [0.25, 0.3) is 0 Å². The molecule has 0 aromatic carbocycles. The van der Waals surface area contributed by atoms with Gasteiger partial charge in [-0.2, -0.15) is 5.10 Å². The van der Waals surface area contributed by atoms with Crippen molar-refractivity contribution in [2.45, 2.75) is 33.7 Å². The summed E-state index contributed by atoms with van der Waals surface area (Å²) < 4.78 is 1.58. The highest BCUT2D eigenvalue weighted by molar-refractivity contribution is 7.13. The number of aryl methyl sites for hydroxylation is 3. The summed E-state index contributed by atoms with van der Waals surface area (Å²) in [4.78, 5) is 28.2. The number of rotatable bonds is 4. The fourth-order valence-corrected chi connectivity index (χ4v) is 2.53. The first-order valence-corrected chi connectivity index (χ1v) is 7.36. The van der Waals surface area contributed by atoms with Crippen molar-refractivity contribution in [2.24, 2.45) is 0 Å².